The normalized spacial score (nSPS) is 19.9. The van der Waals surface area contributed by atoms with Crippen LogP contribution in [-0.2, 0) is 52.8 Å². The van der Waals surface area contributed by atoms with Crippen LogP contribution in [0.2, 0.25) is 0 Å². The Morgan fingerprint density at radius 3 is 2.54 bits per heavy atom. The molecule has 4 atom stereocenters. The van der Waals surface area contributed by atoms with E-state index in [1.807, 2.05) is 71.8 Å². The molecule has 0 radical (unpaired) electrons. The Kier molecular flexibility index (Phi) is 15.7. The first-order valence-electron chi connectivity index (χ1n) is 24.3. The Labute approximate surface area is 406 Å². The van der Waals surface area contributed by atoms with Crippen LogP contribution in [0.25, 0.3) is 33.3 Å². The van der Waals surface area contributed by atoms with E-state index in [1.54, 1.807) is 18.2 Å². The zero-order valence-corrected chi connectivity index (χ0v) is 42.2. The van der Waals surface area contributed by atoms with E-state index in [9.17, 15) is 19.2 Å². The van der Waals surface area contributed by atoms with Crippen LogP contribution in [0, 0.1) is 34.9 Å². The predicted octanol–water partition coefficient (Wildman–Crippen LogP) is 6.73. The maximum absolute atomic E-state index is 16.0. The van der Waals surface area contributed by atoms with Gasteiger partial charge in [0.05, 0.1) is 48.3 Å². The van der Waals surface area contributed by atoms with E-state index in [0.717, 1.165) is 39.0 Å². The lowest BCUT2D eigenvalue weighted by atomic mass is 9.84. The highest BCUT2D eigenvalue weighted by Gasteiger charge is 2.38. The average molecular weight is 948 g/mol. The first kappa shape index (κ1) is 51.2. The van der Waals surface area contributed by atoms with Gasteiger partial charge in [-0.1, -0.05) is 45.7 Å². The molecule has 3 aliphatic rings. The number of nitrogens with one attached hydrogen (secondary N) is 2. The Bertz CT molecular complexity index is 2620. The molecule has 14 nitrogen and oxygen atoms in total. The van der Waals surface area contributed by atoms with E-state index in [2.05, 4.69) is 66.1 Å². The summed E-state index contributed by atoms with van der Waals surface area (Å²) in [5.41, 5.74) is 8.78. The van der Waals surface area contributed by atoms with Crippen molar-refractivity contribution < 1.29 is 37.8 Å². The van der Waals surface area contributed by atoms with E-state index in [-0.39, 0.29) is 50.2 Å². The SMILES string of the molecule is CCn1c(-c2cccnc2C(C)OC)c2c3cc(ccc31)-c1cc(F)cc(c1)C[C@H](NC(=O)[C@@H](COC1CN(C(=O)C#CC(C)(C)N(C)C)C1)C(C)C)C(=O)N1CCC[C@H](N1)C(=O)OCC(C)(C)C2. The monoisotopic (exact) mass is 948 g/mol. The fourth-order valence-electron chi connectivity index (χ4n) is 9.24. The van der Waals surface area contributed by atoms with Crippen molar-refractivity contribution in [3.63, 3.8) is 0 Å². The van der Waals surface area contributed by atoms with Crippen molar-refractivity contribution in [2.45, 2.75) is 117 Å². The fourth-order valence-corrected chi connectivity index (χ4v) is 9.24. The Hall–Kier alpha value is -5.66. The number of aromatic nitrogens is 2. The molecule has 0 saturated carbocycles. The predicted molar refractivity (Wildman–Crippen MR) is 264 cm³/mol. The minimum absolute atomic E-state index is 0.0286. The molecule has 2 aromatic heterocycles. The lowest BCUT2D eigenvalue weighted by Crippen LogP contribution is -2.61. The summed E-state index contributed by atoms with van der Waals surface area (Å²) < 4.78 is 36.4. The third-order valence-electron chi connectivity index (χ3n) is 14.0. The van der Waals surface area contributed by atoms with Crippen LogP contribution in [0.4, 0.5) is 4.39 Å². The second-order valence-corrected chi connectivity index (χ2v) is 20.7. The van der Waals surface area contributed by atoms with Gasteiger partial charge in [-0.2, -0.15) is 0 Å². The number of hydrazine groups is 1. The summed E-state index contributed by atoms with van der Waals surface area (Å²) in [7, 11) is 5.48. The van der Waals surface area contributed by atoms with Crippen molar-refractivity contribution in [2.75, 3.05) is 54.1 Å². The number of pyridine rings is 1. The molecule has 5 heterocycles. The van der Waals surface area contributed by atoms with Crippen LogP contribution in [0.15, 0.2) is 54.7 Å². The van der Waals surface area contributed by atoms with Gasteiger partial charge in [0, 0.05) is 67.8 Å². The lowest BCUT2D eigenvalue weighted by molar-refractivity contribution is -0.155. The van der Waals surface area contributed by atoms with Gasteiger partial charge in [-0.15, -0.1) is 0 Å². The number of esters is 1. The molecule has 2 aromatic carbocycles. The number of carbonyl (C=O) groups excluding carboxylic acids is 4. The molecule has 1 unspecified atom stereocenters. The molecule has 3 aliphatic heterocycles. The van der Waals surface area contributed by atoms with Gasteiger partial charge in [0.15, 0.2) is 0 Å². The maximum atomic E-state index is 16.0. The highest BCUT2D eigenvalue weighted by atomic mass is 19.1. The molecule has 370 valence electrons. The number of amides is 3. The molecule has 2 N–H and O–H groups in total. The summed E-state index contributed by atoms with van der Waals surface area (Å²) in [4.78, 5) is 64.1. The van der Waals surface area contributed by atoms with E-state index in [1.165, 1.54) is 17.1 Å². The topological polar surface area (TPSA) is 148 Å². The minimum Gasteiger partial charge on any atom is -0.464 e. The number of rotatable bonds is 11. The first-order chi connectivity index (χ1) is 32.7. The van der Waals surface area contributed by atoms with Crippen LogP contribution in [0.5, 0.6) is 0 Å². The van der Waals surface area contributed by atoms with Crippen LogP contribution in [0.3, 0.4) is 0 Å². The van der Waals surface area contributed by atoms with Crippen LogP contribution >= 0.6 is 0 Å². The number of likely N-dealkylation sites (tertiary alicyclic amines) is 1. The zero-order valence-electron chi connectivity index (χ0n) is 42.2. The number of aryl methyl sites for hydroxylation is 1. The van der Waals surface area contributed by atoms with E-state index in [0.29, 0.717) is 50.0 Å². The van der Waals surface area contributed by atoms with Gasteiger partial charge in [-0.25, -0.2) is 9.82 Å². The number of ether oxygens (including phenoxy) is 3. The number of benzene rings is 2. The molecule has 0 spiro atoms. The van der Waals surface area contributed by atoms with E-state index >= 15 is 4.39 Å². The molecular weight excluding hydrogens is 878 g/mol. The molecule has 0 aliphatic carbocycles. The largest absolute Gasteiger partial charge is 0.464 e. The van der Waals surface area contributed by atoms with E-state index < -0.39 is 52.6 Å². The van der Waals surface area contributed by atoms with E-state index in [4.69, 9.17) is 19.2 Å². The molecule has 7 rings (SSSR count). The van der Waals surface area contributed by atoms with Gasteiger partial charge < -0.3 is 29.0 Å². The van der Waals surface area contributed by atoms with Gasteiger partial charge in [0.1, 0.15) is 17.9 Å². The van der Waals surface area contributed by atoms with Gasteiger partial charge in [-0.3, -0.25) is 34.1 Å². The minimum atomic E-state index is -1.13. The quantitative estimate of drug-likeness (QED) is 0.123. The number of cyclic esters (lactones) is 1. The molecule has 6 bridgehead atoms. The van der Waals surface area contributed by atoms with Crippen molar-refractivity contribution in [2.24, 2.45) is 17.3 Å². The van der Waals surface area contributed by atoms with Crippen molar-refractivity contribution in [3.05, 3.63) is 77.4 Å². The zero-order chi connectivity index (χ0) is 49.9. The molecule has 15 heteroatoms. The number of nitrogens with zero attached hydrogens (tertiary/aromatic N) is 5. The van der Waals surface area contributed by atoms with Crippen molar-refractivity contribution in [1.29, 1.82) is 0 Å². The molecule has 3 amide bonds. The number of methoxy groups -OCH3 is 1. The van der Waals surface area contributed by atoms with Crippen molar-refractivity contribution >= 4 is 34.6 Å². The van der Waals surface area contributed by atoms with Gasteiger partial charge in [0.2, 0.25) is 5.91 Å². The Balaban J connectivity index is 1.22. The third-order valence-corrected chi connectivity index (χ3v) is 14.0. The lowest BCUT2D eigenvalue weighted by Gasteiger charge is -2.39. The van der Waals surface area contributed by atoms with Crippen LogP contribution < -0.4 is 10.7 Å². The summed E-state index contributed by atoms with van der Waals surface area (Å²) in [5.74, 6) is 2.87. The third kappa shape index (κ3) is 11.5. The number of fused-ring (bicyclic) bond motifs is 6. The average Bonchev–Trinajstić information content (AvgIpc) is 3.60. The maximum Gasteiger partial charge on any atom is 0.324 e. The van der Waals surface area contributed by atoms with Crippen molar-refractivity contribution in [1.82, 2.24) is 35.1 Å². The summed E-state index contributed by atoms with van der Waals surface area (Å²) in [6, 6.07) is 13.0. The summed E-state index contributed by atoms with van der Waals surface area (Å²) in [5, 5.41) is 5.39. The molecule has 2 fully saturated rings. The molecule has 69 heavy (non-hydrogen) atoms. The summed E-state index contributed by atoms with van der Waals surface area (Å²) >= 11 is 0. The Morgan fingerprint density at radius 2 is 1.84 bits per heavy atom. The standard InChI is InChI=1S/C54H70FN7O7/c1-12-61-46-18-17-36-27-41(46)42(49(61)40-15-13-21-56-48(40)34(4)67-11)28-53(5,6)32-69-52(66)44-16-14-22-62(58-44)51(65)45(25-35-23-37(36)26-38(55)24-35)57-50(64)43(33(2)3)31-68-39-29-60(30-39)47(63)19-20-54(7,8)59(9)10/h13,15,17-18,21,23-24,26-27,33-34,39,43-45,58H,12,14,16,22,25,28-32H2,1-11H3,(H,57,64)/t34?,43-,44-,45-/m0/s1. The highest BCUT2D eigenvalue weighted by molar-refractivity contribution is 5.96. The second-order valence-electron chi connectivity index (χ2n) is 20.7. The number of hydrogen-bond donors (Lipinski definition) is 2. The highest BCUT2D eigenvalue weighted by Crippen LogP contribution is 2.42. The van der Waals surface area contributed by atoms with Crippen molar-refractivity contribution in [3.8, 4) is 34.2 Å². The smallest absolute Gasteiger partial charge is 0.324 e. The fraction of sp³-hybridized carbons (Fsp3) is 0.537. The first-order valence-corrected chi connectivity index (χ1v) is 24.3. The molecule has 2 saturated heterocycles. The number of halogens is 1. The van der Waals surface area contributed by atoms with Gasteiger partial charge in [-0.05, 0) is 132 Å². The van der Waals surface area contributed by atoms with Crippen LogP contribution in [-0.4, -0.2) is 126 Å². The summed E-state index contributed by atoms with van der Waals surface area (Å²) in [6.45, 7) is 17.7. The molecule has 4 aromatic rings. The van der Waals surface area contributed by atoms with Crippen LogP contribution in [0.1, 0.15) is 91.2 Å². The Morgan fingerprint density at radius 1 is 1.09 bits per heavy atom. The number of hydrogen-bond acceptors (Lipinski definition) is 10. The van der Waals surface area contributed by atoms with Gasteiger partial charge >= 0.3 is 5.97 Å². The molecular formula is C54H70FN7O7. The van der Waals surface area contributed by atoms with Gasteiger partial charge in [0.25, 0.3) is 11.8 Å². The summed E-state index contributed by atoms with van der Waals surface area (Å²) in [6.07, 6.45) is 2.67. The second kappa shape index (κ2) is 21.1. The number of carbonyl (C=O) groups is 4.